The van der Waals surface area contributed by atoms with E-state index in [1.165, 1.54) is 0 Å². The summed E-state index contributed by atoms with van der Waals surface area (Å²) >= 11 is 0. The molecule has 0 bridgehead atoms. The molecule has 2 aromatic rings. The number of esters is 1. The zero-order chi connectivity index (χ0) is 22.0. The number of halogens is 3. The van der Waals surface area contributed by atoms with E-state index in [9.17, 15) is 36.5 Å². The molecule has 29 heavy (non-hydrogen) atoms. The predicted octanol–water partition coefficient (Wildman–Crippen LogP) is 2.52. The Morgan fingerprint density at radius 2 is 1.76 bits per heavy atom. The van der Waals surface area contributed by atoms with Gasteiger partial charge in [-0.2, -0.15) is 4.98 Å². The van der Waals surface area contributed by atoms with E-state index in [1.54, 1.807) is 0 Å². The average molecular weight is 436 g/mol. The highest BCUT2D eigenvalue weighted by molar-refractivity contribution is 7.91. The predicted molar refractivity (Wildman–Crippen MR) is 87.4 cm³/mol. The summed E-state index contributed by atoms with van der Waals surface area (Å²) < 4.78 is 75.1. The maximum atomic E-state index is 12.8. The van der Waals surface area contributed by atoms with Crippen LogP contribution in [0.1, 0.15) is 10.5 Å². The maximum absolute atomic E-state index is 12.8. The van der Waals surface area contributed by atoms with Gasteiger partial charge in [-0.3, -0.25) is 10.1 Å². The van der Waals surface area contributed by atoms with Gasteiger partial charge in [0.2, 0.25) is 21.4 Å². The smallest absolute Gasteiger partial charge is 0.480 e. The number of aromatic nitrogens is 1. The van der Waals surface area contributed by atoms with Gasteiger partial charge in [0.1, 0.15) is 10.6 Å². The van der Waals surface area contributed by atoms with Crippen LogP contribution in [0.5, 0.6) is 11.6 Å². The van der Waals surface area contributed by atoms with Crippen LogP contribution in [0.3, 0.4) is 0 Å². The van der Waals surface area contributed by atoms with Crippen LogP contribution in [0.15, 0.2) is 40.1 Å². The Hall–Kier alpha value is -3.42. The fourth-order valence-electron chi connectivity index (χ4n) is 2.14. The Morgan fingerprint density at radius 3 is 2.21 bits per heavy atom. The fourth-order valence-corrected chi connectivity index (χ4v) is 3.51. The molecule has 0 saturated heterocycles. The van der Waals surface area contributed by atoms with E-state index in [0.29, 0.717) is 6.07 Å². The van der Waals surface area contributed by atoms with Gasteiger partial charge >= 0.3 is 18.0 Å². The highest BCUT2D eigenvalue weighted by Gasteiger charge is 2.33. The van der Waals surface area contributed by atoms with E-state index >= 15 is 0 Å². The molecule has 0 unspecified atom stereocenters. The van der Waals surface area contributed by atoms with Gasteiger partial charge in [0.05, 0.1) is 24.0 Å². The number of hydrogen-bond donors (Lipinski definition) is 0. The number of benzene rings is 1. The van der Waals surface area contributed by atoms with E-state index < -0.39 is 59.9 Å². The molecule has 0 N–H and O–H groups in total. The quantitative estimate of drug-likeness (QED) is 0.380. The summed E-state index contributed by atoms with van der Waals surface area (Å²) in [5.74, 6) is -2.52. The van der Waals surface area contributed by atoms with Crippen molar-refractivity contribution in [1.82, 2.24) is 4.98 Å². The number of alkyl halides is 3. The summed E-state index contributed by atoms with van der Waals surface area (Å²) in [5, 5.41) is 11.2. The van der Waals surface area contributed by atoms with Crippen LogP contribution in [-0.2, 0) is 14.6 Å². The number of ether oxygens (including phenoxy) is 3. The van der Waals surface area contributed by atoms with Gasteiger partial charge in [-0.1, -0.05) is 0 Å². The second-order valence-electron chi connectivity index (χ2n) is 5.13. The van der Waals surface area contributed by atoms with Crippen LogP contribution >= 0.6 is 0 Å². The summed E-state index contributed by atoms with van der Waals surface area (Å²) in [6.45, 7) is 0. The monoisotopic (exact) mass is 436 g/mol. The first-order chi connectivity index (χ1) is 13.4. The van der Waals surface area contributed by atoms with Gasteiger partial charge in [0, 0.05) is 6.07 Å². The molecule has 1 aromatic heterocycles. The largest absolute Gasteiger partial charge is 0.573 e. The summed E-state index contributed by atoms with van der Waals surface area (Å²) in [4.78, 5) is 24.1. The molecule has 0 aliphatic heterocycles. The van der Waals surface area contributed by atoms with Gasteiger partial charge < -0.3 is 14.2 Å². The second kappa shape index (κ2) is 7.90. The van der Waals surface area contributed by atoms with Crippen molar-refractivity contribution in [3.63, 3.8) is 0 Å². The number of nitrogens with zero attached hydrogens (tertiary/aromatic N) is 2. The highest BCUT2D eigenvalue weighted by Crippen LogP contribution is 2.34. The fraction of sp³-hybridized carbons (Fsp3) is 0.200. The van der Waals surface area contributed by atoms with Crippen molar-refractivity contribution in [1.29, 1.82) is 0 Å². The number of carbonyl (C=O) groups is 1. The normalized spacial score (nSPS) is 11.6. The Labute approximate surface area is 160 Å². The molecule has 1 aromatic carbocycles. The van der Waals surface area contributed by atoms with E-state index in [2.05, 4.69) is 14.5 Å². The molecule has 2 rings (SSSR count). The number of sulfone groups is 1. The summed E-state index contributed by atoms with van der Waals surface area (Å²) in [6.07, 6.45) is -4.97. The molecule has 1 heterocycles. The van der Waals surface area contributed by atoms with Crippen LogP contribution in [-0.4, -0.2) is 44.9 Å². The maximum Gasteiger partial charge on any atom is 0.573 e. The van der Waals surface area contributed by atoms with Crippen molar-refractivity contribution in [2.45, 2.75) is 16.2 Å². The first-order valence-corrected chi connectivity index (χ1v) is 8.81. The van der Waals surface area contributed by atoms with Crippen LogP contribution in [0.2, 0.25) is 0 Å². The highest BCUT2D eigenvalue weighted by atomic mass is 32.2. The molecule has 0 saturated carbocycles. The number of pyridine rings is 1. The van der Waals surface area contributed by atoms with E-state index in [-0.39, 0.29) is 0 Å². The van der Waals surface area contributed by atoms with Crippen LogP contribution in [0.4, 0.5) is 18.9 Å². The number of carbonyl (C=O) groups excluding carboxylic acids is 1. The third kappa shape index (κ3) is 4.71. The molecular weight excluding hydrogens is 425 g/mol. The first-order valence-electron chi connectivity index (χ1n) is 7.33. The molecule has 0 spiro atoms. The molecule has 0 aliphatic rings. The molecule has 14 heteroatoms. The number of nitro groups is 1. The molecule has 0 aliphatic carbocycles. The Balaban J connectivity index is 2.61. The zero-order valence-corrected chi connectivity index (χ0v) is 15.4. The molecule has 0 radical (unpaired) electrons. The SMILES string of the molecule is COC(=O)c1nc(OC)c(S(=O)(=O)c2ccc(OC(F)(F)F)cc2)cc1[N+](=O)[O-]. The number of hydrogen-bond acceptors (Lipinski definition) is 9. The summed E-state index contributed by atoms with van der Waals surface area (Å²) in [5.41, 5.74) is -1.75. The van der Waals surface area contributed by atoms with Crippen molar-refractivity contribution >= 4 is 21.5 Å². The van der Waals surface area contributed by atoms with Crippen molar-refractivity contribution in [3.05, 3.63) is 46.1 Å². The molecule has 0 amide bonds. The Bertz CT molecular complexity index is 1050. The van der Waals surface area contributed by atoms with E-state index in [0.717, 1.165) is 38.5 Å². The van der Waals surface area contributed by atoms with Crippen molar-refractivity contribution in [2.24, 2.45) is 0 Å². The van der Waals surface area contributed by atoms with Crippen LogP contribution in [0, 0.1) is 10.1 Å². The van der Waals surface area contributed by atoms with Crippen molar-refractivity contribution in [3.8, 4) is 11.6 Å². The minimum Gasteiger partial charge on any atom is -0.480 e. The van der Waals surface area contributed by atoms with Crippen LogP contribution in [0.25, 0.3) is 0 Å². The molecule has 0 atom stereocenters. The number of methoxy groups -OCH3 is 2. The van der Waals surface area contributed by atoms with Gasteiger partial charge in [-0.05, 0) is 24.3 Å². The third-order valence-electron chi connectivity index (χ3n) is 3.36. The van der Waals surface area contributed by atoms with Crippen molar-refractivity contribution in [2.75, 3.05) is 14.2 Å². The first kappa shape index (κ1) is 21.9. The molecular formula is C15H11F3N2O8S. The lowest BCUT2D eigenvalue weighted by atomic mass is 10.3. The topological polar surface area (TPSA) is 135 Å². The minimum absolute atomic E-state index is 0.521. The van der Waals surface area contributed by atoms with Gasteiger partial charge in [-0.15, -0.1) is 13.2 Å². The molecule has 156 valence electrons. The van der Waals surface area contributed by atoms with Gasteiger partial charge in [0.25, 0.3) is 0 Å². The van der Waals surface area contributed by atoms with E-state index in [4.69, 9.17) is 4.74 Å². The standard InChI is InChI=1S/C15H11F3N2O8S/c1-26-13-11(7-10(20(22)23)12(19-13)14(21)27-2)29(24,25)9-5-3-8(4-6-9)28-15(16,17)18/h3-7H,1-2H3. The molecule has 0 fully saturated rings. The second-order valence-corrected chi connectivity index (χ2v) is 7.05. The Kier molecular flexibility index (Phi) is 5.96. The number of rotatable bonds is 6. The average Bonchev–Trinajstić information content (AvgIpc) is 2.65. The van der Waals surface area contributed by atoms with Crippen LogP contribution < -0.4 is 9.47 Å². The minimum atomic E-state index is -4.97. The lowest BCUT2D eigenvalue weighted by molar-refractivity contribution is -0.385. The Morgan fingerprint density at radius 1 is 1.17 bits per heavy atom. The van der Waals surface area contributed by atoms with E-state index in [1.807, 2.05) is 0 Å². The van der Waals surface area contributed by atoms with Crippen molar-refractivity contribution < 1.29 is 45.5 Å². The van der Waals surface area contributed by atoms with Gasteiger partial charge in [0.15, 0.2) is 0 Å². The zero-order valence-electron chi connectivity index (χ0n) is 14.6. The molecule has 10 nitrogen and oxygen atoms in total. The summed E-state index contributed by atoms with van der Waals surface area (Å²) in [7, 11) is -2.58. The summed E-state index contributed by atoms with van der Waals surface area (Å²) in [6, 6.07) is 3.65. The van der Waals surface area contributed by atoms with Gasteiger partial charge in [-0.25, -0.2) is 13.2 Å². The third-order valence-corrected chi connectivity index (χ3v) is 5.12. The lowest BCUT2D eigenvalue weighted by Gasteiger charge is -2.12. The lowest BCUT2D eigenvalue weighted by Crippen LogP contribution is -2.17.